The molecule has 0 amide bonds. The van der Waals surface area contributed by atoms with Crippen molar-refractivity contribution in [2.24, 2.45) is 0 Å². The van der Waals surface area contributed by atoms with Crippen molar-refractivity contribution in [2.75, 3.05) is 26.3 Å². The molecule has 2 heteroatoms. The number of nitrogens with one attached hydrogen (secondary N) is 1. The van der Waals surface area contributed by atoms with E-state index in [0.29, 0.717) is 0 Å². The first kappa shape index (κ1) is 12.7. The molecular weight excluding hydrogens is 186 g/mol. The van der Waals surface area contributed by atoms with Crippen molar-refractivity contribution in [2.45, 2.75) is 45.4 Å². The fourth-order valence-electron chi connectivity index (χ4n) is 1.81. The molecule has 0 atom stereocenters. The lowest BCUT2D eigenvalue weighted by Gasteiger charge is -2.13. The first-order chi connectivity index (χ1) is 7.43. The maximum Gasteiger partial charge on any atom is 0.0677 e. The standard InChI is InChI=1S/C13H25NO/c1-2-3-4-5-6-11-15-12-13-7-9-14-10-8-13/h7,14H,2-6,8-12H2,1H3. The molecule has 1 aliphatic heterocycles. The van der Waals surface area contributed by atoms with Crippen molar-refractivity contribution >= 4 is 0 Å². The van der Waals surface area contributed by atoms with Crippen molar-refractivity contribution in [1.82, 2.24) is 5.32 Å². The van der Waals surface area contributed by atoms with Crippen LogP contribution in [0, 0.1) is 0 Å². The number of hydrogen-bond acceptors (Lipinski definition) is 2. The first-order valence-electron chi connectivity index (χ1n) is 6.40. The predicted octanol–water partition coefficient (Wildman–Crippen LogP) is 2.89. The second kappa shape index (κ2) is 8.93. The van der Waals surface area contributed by atoms with Gasteiger partial charge in [-0.05, 0) is 25.0 Å². The third-order valence-corrected chi connectivity index (χ3v) is 2.84. The summed E-state index contributed by atoms with van der Waals surface area (Å²) in [7, 11) is 0. The van der Waals surface area contributed by atoms with Crippen LogP contribution in [-0.4, -0.2) is 26.3 Å². The molecule has 0 aliphatic carbocycles. The number of hydrogen-bond donors (Lipinski definition) is 1. The monoisotopic (exact) mass is 211 g/mol. The van der Waals surface area contributed by atoms with Crippen molar-refractivity contribution in [3.63, 3.8) is 0 Å². The van der Waals surface area contributed by atoms with Crippen LogP contribution < -0.4 is 5.32 Å². The van der Waals surface area contributed by atoms with Crippen molar-refractivity contribution < 1.29 is 4.74 Å². The van der Waals surface area contributed by atoms with Gasteiger partial charge in [-0.2, -0.15) is 0 Å². The van der Waals surface area contributed by atoms with Gasteiger partial charge >= 0.3 is 0 Å². The molecule has 1 heterocycles. The average Bonchev–Trinajstić information content (AvgIpc) is 2.29. The van der Waals surface area contributed by atoms with E-state index in [0.717, 1.165) is 32.7 Å². The Bertz CT molecular complexity index is 177. The largest absolute Gasteiger partial charge is 0.377 e. The zero-order valence-corrected chi connectivity index (χ0v) is 10.1. The van der Waals surface area contributed by atoms with E-state index in [1.165, 1.54) is 37.7 Å². The summed E-state index contributed by atoms with van der Waals surface area (Å²) >= 11 is 0. The third-order valence-electron chi connectivity index (χ3n) is 2.84. The van der Waals surface area contributed by atoms with Crippen molar-refractivity contribution in [3.05, 3.63) is 11.6 Å². The second-order valence-corrected chi connectivity index (χ2v) is 4.28. The fraction of sp³-hybridized carbons (Fsp3) is 0.846. The fourth-order valence-corrected chi connectivity index (χ4v) is 1.81. The molecule has 0 saturated carbocycles. The van der Waals surface area contributed by atoms with Crippen LogP contribution in [0.4, 0.5) is 0 Å². The molecule has 0 unspecified atom stereocenters. The molecule has 0 fully saturated rings. The van der Waals surface area contributed by atoms with Crippen LogP contribution in [0.15, 0.2) is 11.6 Å². The summed E-state index contributed by atoms with van der Waals surface area (Å²) in [6.07, 6.45) is 10.0. The number of ether oxygens (including phenoxy) is 1. The van der Waals surface area contributed by atoms with Crippen LogP contribution in [0.5, 0.6) is 0 Å². The van der Waals surface area contributed by atoms with Gasteiger partial charge in [-0.1, -0.05) is 38.7 Å². The molecule has 0 saturated heterocycles. The molecule has 2 nitrogen and oxygen atoms in total. The molecule has 0 aromatic heterocycles. The Hall–Kier alpha value is -0.340. The molecule has 0 aromatic carbocycles. The molecular formula is C13H25NO. The van der Waals surface area contributed by atoms with Gasteiger partial charge in [-0.3, -0.25) is 0 Å². The average molecular weight is 211 g/mol. The predicted molar refractivity (Wildman–Crippen MR) is 65.1 cm³/mol. The zero-order chi connectivity index (χ0) is 10.8. The Morgan fingerprint density at radius 2 is 2.13 bits per heavy atom. The molecule has 1 rings (SSSR count). The number of rotatable bonds is 8. The molecule has 0 aromatic rings. The minimum absolute atomic E-state index is 0.857. The summed E-state index contributed by atoms with van der Waals surface area (Å²) in [6, 6.07) is 0. The van der Waals surface area contributed by atoms with Gasteiger partial charge in [-0.15, -0.1) is 0 Å². The van der Waals surface area contributed by atoms with E-state index in [1.807, 2.05) is 0 Å². The van der Waals surface area contributed by atoms with Crippen LogP contribution in [0.3, 0.4) is 0 Å². The lowest BCUT2D eigenvalue weighted by Crippen LogP contribution is -2.22. The van der Waals surface area contributed by atoms with E-state index >= 15 is 0 Å². The molecule has 88 valence electrons. The van der Waals surface area contributed by atoms with Gasteiger partial charge in [0.1, 0.15) is 0 Å². The van der Waals surface area contributed by atoms with E-state index in [-0.39, 0.29) is 0 Å². The van der Waals surface area contributed by atoms with Gasteiger partial charge in [0.15, 0.2) is 0 Å². The summed E-state index contributed by atoms with van der Waals surface area (Å²) < 4.78 is 5.66. The molecule has 0 radical (unpaired) electrons. The number of unbranched alkanes of at least 4 members (excludes halogenated alkanes) is 4. The highest BCUT2D eigenvalue weighted by molar-refractivity contribution is 5.06. The maximum absolute atomic E-state index is 5.66. The first-order valence-corrected chi connectivity index (χ1v) is 6.40. The Morgan fingerprint density at radius 1 is 1.27 bits per heavy atom. The van der Waals surface area contributed by atoms with Crippen LogP contribution in [0.2, 0.25) is 0 Å². The highest BCUT2D eigenvalue weighted by Gasteiger charge is 2.02. The van der Waals surface area contributed by atoms with Gasteiger partial charge in [0.2, 0.25) is 0 Å². The SMILES string of the molecule is CCCCCCCOCC1=CCNCC1. The molecule has 0 spiro atoms. The van der Waals surface area contributed by atoms with Gasteiger partial charge in [-0.25, -0.2) is 0 Å². The Morgan fingerprint density at radius 3 is 2.87 bits per heavy atom. The van der Waals surface area contributed by atoms with E-state index in [9.17, 15) is 0 Å². The van der Waals surface area contributed by atoms with Crippen LogP contribution >= 0.6 is 0 Å². The van der Waals surface area contributed by atoms with E-state index in [2.05, 4.69) is 18.3 Å². The topological polar surface area (TPSA) is 21.3 Å². The lowest BCUT2D eigenvalue weighted by molar-refractivity contribution is 0.148. The van der Waals surface area contributed by atoms with Gasteiger partial charge in [0, 0.05) is 13.2 Å². The summed E-state index contributed by atoms with van der Waals surface area (Å²) in [4.78, 5) is 0. The molecule has 0 bridgehead atoms. The van der Waals surface area contributed by atoms with E-state index in [1.54, 1.807) is 0 Å². The van der Waals surface area contributed by atoms with Gasteiger partial charge in [0.25, 0.3) is 0 Å². The van der Waals surface area contributed by atoms with Gasteiger partial charge in [0.05, 0.1) is 6.61 Å². The minimum Gasteiger partial charge on any atom is -0.377 e. The van der Waals surface area contributed by atoms with Crippen molar-refractivity contribution in [1.29, 1.82) is 0 Å². The Labute approximate surface area is 94.1 Å². The second-order valence-electron chi connectivity index (χ2n) is 4.28. The highest BCUT2D eigenvalue weighted by atomic mass is 16.5. The van der Waals surface area contributed by atoms with Gasteiger partial charge < -0.3 is 10.1 Å². The quantitative estimate of drug-likeness (QED) is 0.492. The Kier molecular flexibility index (Phi) is 7.58. The highest BCUT2D eigenvalue weighted by Crippen LogP contribution is 2.06. The van der Waals surface area contributed by atoms with E-state index in [4.69, 9.17) is 4.74 Å². The van der Waals surface area contributed by atoms with Crippen LogP contribution in [-0.2, 0) is 4.74 Å². The van der Waals surface area contributed by atoms with Crippen LogP contribution in [0.25, 0.3) is 0 Å². The minimum atomic E-state index is 0.857. The van der Waals surface area contributed by atoms with Crippen LogP contribution in [0.1, 0.15) is 45.4 Å². The van der Waals surface area contributed by atoms with E-state index < -0.39 is 0 Å². The molecule has 1 aliphatic rings. The third kappa shape index (κ3) is 6.69. The Balaban J connectivity index is 1.86. The molecule has 15 heavy (non-hydrogen) atoms. The smallest absolute Gasteiger partial charge is 0.0677 e. The molecule has 1 N–H and O–H groups in total. The maximum atomic E-state index is 5.66. The summed E-state index contributed by atoms with van der Waals surface area (Å²) in [5, 5.41) is 3.31. The normalized spacial score (nSPS) is 16.5. The lowest BCUT2D eigenvalue weighted by atomic mass is 10.1. The van der Waals surface area contributed by atoms with Crippen molar-refractivity contribution in [3.8, 4) is 0 Å². The summed E-state index contributed by atoms with van der Waals surface area (Å²) in [5.41, 5.74) is 1.47. The summed E-state index contributed by atoms with van der Waals surface area (Å²) in [6.45, 7) is 6.19. The zero-order valence-electron chi connectivity index (χ0n) is 10.1. The summed E-state index contributed by atoms with van der Waals surface area (Å²) in [5.74, 6) is 0.